The van der Waals surface area contributed by atoms with Crippen LogP contribution in [0.15, 0.2) is 36.5 Å². The van der Waals surface area contributed by atoms with Crippen LogP contribution < -0.4 is 5.73 Å². The molecule has 0 unspecified atom stereocenters. The van der Waals surface area contributed by atoms with E-state index >= 15 is 0 Å². The number of aromatic amines is 1. The van der Waals surface area contributed by atoms with Gasteiger partial charge in [-0.3, -0.25) is 5.10 Å². The smallest absolute Gasteiger partial charge is 0.153 e. The van der Waals surface area contributed by atoms with Gasteiger partial charge in [-0.1, -0.05) is 23.7 Å². The van der Waals surface area contributed by atoms with E-state index in [9.17, 15) is 0 Å². The number of hydrogen-bond acceptors (Lipinski definition) is 2. The van der Waals surface area contributed by atoms with Crippen molar-refractivity contribution in [1.29, 1.82) is 0 Å². The molecule has 0 amide bonds. The van der Waals surface area contributed by atoms with Crippen molar-refractivity contribution in [1.82, 2.24) is 14.6 Å². The van der Waals surface area contributed by atoms with Crippen molar-refractivity contribution in [2.45, 2.75) is 6.54 Å². The first kappa shape index (κ1) is 10.4. The highest BCUT2D eigenvalue weighted by atomic mass is 35.5. The first-order valence-electron chi connectivity index (χ1n) is 5.29. The summed E-state index contributed by atoms with van der Waals surface area (Å²) in [6, 6.07) is 9.66. The Hall–Kier alpha value is -1.78. The van der Waals surface area contributed by atoms with Crippen LogP contribution in [0.2, 0.25) is 5.02 Å². The van der Waals surface area contributed by atoms with E-state index in [2.05, 4.69) is 10.1 Å². The molecule has 4 nitrogen and oxygen atoms in total. The normalized spacial score (nSPS) is 11.2. The van der Waals surface area contributed by atoms with Gasteiger partial charge in [-0.05, 0) is 17.7 Å². The molecule has 0 saturated carbocycles. The second-order valence-electron chi connectivity index (χ2n) is 3.84. The first-order valence-corrected chi connectivity index (χ1v) is 5.67. The third kappa shape index (κ3) is 1.81. The monoisotopic (exact) mass is 246 g/mol. The average molecular weight is 247 g/mol. The van der Waals surface area contributed by atoms with Gasteiger partial charge in [0.15, 0.2) is 5.65 Å². The summed E-state index contributed by atoms with van der Waals surface area (Å²) >= 11 is 5.85. The average Bonchev–Trinajstić information content (AvgIpc) is 2.87. The van der Waals surface area contributed by atoms with Crippen LogP contribution in [0.3, 0.4) is 0 Å². The van der Waals surface area contributed by atoms with Gasteiger partial charge in [0.2, 0.25) is 0 Å². The lowest BCUT2D eigenvalue weighted by Crippen LogP contribution is -1.95. The van der Waals surface area contributed by atoms with Crippen LogP contribution in [0.25, 0.3) is 16.9 Å². The van der Waals surface area contributed by atoms with Crippen LogP contribution in [0, 0.1) is 0 Å². The molecular weight excluding hydrogens is 236 g/mol. The molecule has 86 valence electrons. The summed E-state index contributed by atoms with van der Waals surface area (Å²) in [5, 5.41) is 3.97. The molecule has 0 aliphatic rings. The van der Waals surface area contributed by atoms with E-state index in [-0.39, 0.29) is 0 Å². The minimum absolute atomic E-state index is 0.450. The van der Waals surface area contributed by atoms with Crippen LogP contribution in [-0.4, -0.2) is 14.6 Å². The Balaban J connectivity index is 2.06. The molecule has 3 rings (SSSR count). The number of halogens is 1. The van der Waals surface area contributed by atoms with Gasteiger partial charge in [0.05, 0.1) is 17.6 Å². The van der Waals surface area contributed by atoms with Gasteiger partial charge in [-0.15, -0.1) is 0 Å². The van der Waals surface area contributed by atoms with Crippen LogP contribution in [0.5, 0.6) is 0 Å². The Labute approximate surface area is 103 Å². The summed E-state index contributed by atoms with van der Waals surface area (Å²) in [4.78, 5) is 4.38. The fourth-order valence-electron chi connectivity index (χ4n) is 1.80. The van der Waals surface area contributed by atoms with Gasteiger partial charge >= 0.3 is 0 Å². The van der Waals surface area contributed by atoms with E-state index in [1.54, 1.807) is 0 Å². The number of fused-ring (bicyclic) bond motifs is 1. The summed E-state index contributed by atoms with van der Waals surface area (Å²) < 4.78 is 1.87. The maximum absolute atomic E-state index is 5.85. The largest absolute Gasteiger partial charge is 0.325 e. The molecule has 0 radical (unpaired) electrons. The van der Waals surface area contributed by atoms with Gasteiger partial charge in [-0.2, -0.15) is 0 Å². The SMILES string of the molecule is NCc1cn2[nH]c(-c3ccc(Cl)cc3)cc2n1. The lowest BCUT2D eigenvalue weighted by molar-refractivity contribution is 0.959. The molecule has 5 heteroatoms. The molecule has 0 fully saturated rings. The second-order valence-corrected chi connectivity index (χ2v) is 4.28. The van der Waals surface area contributed by atoms with Gasteiger partial charge in [0.1, 0.15) is 0 Å². The molecule has 0 saturated heterocycles. The number of H-pyrrole nitrogens is 1. The van der Waals surface area contributed by atoms with E-state index in [1.165, 1.54) is 0 Å². The quantitative estimate of drug-likeness (QED) is 0.730. The summed E-state index contributed by atoms with van der Waals surface area (Å²) in [6.07, 6.45) is 1.90. The van der Waals surface area contributed by atoms with Crippen LogP contribution in [0.1, 0.15) is 5.69 Å². The molecule has 0 spiro atoms. The lowest BCUT2D eigenvalue weighted by Gasteiger charge is -1.97. The van der Waals surface area contributed by atoms with E-state index in [4.69, 9.17) is 17.3 Å². The number of benzene rings is 1. The third-order valence-corrected chi connectivity index (χ3v) is 2.91. The van der Waals surface area contributed by atoms with E-state index in [1.807, 2.05) is 41.0 Å². The molecular formula is C12H11ClN4. The highest BCUT2D eigenvalue weighted by Crippen LogP contribution is 2.21. The van der Waals surface area contributed by atoms with Crippen LogP contribution in [0.4, 0.5) is 0 Å². The molecule has 1 aromatic carbocycles. The Bertz CT molecular complexity index is 619. The summed E-state index contributed by atoms with van der Waals surface area (Å²) in [5.74, 6) is 0. The number of aromatic nitrogens is 3. The maximum Gasteiger partial charge on any atom is 0.153 e. The highest BCUT2D eigenvalue weighted by molar-refractivity contribution is 6.30. The van der Waals surface area contributed by atoms with E-state index in [0.29, 0.717) is 6.54 Å². The molecule has 0 bridgehead atoms. The molecule has 2 heterocycles. The molecule has 0 aliphatic heterocycles. The van der Waals surface area contributed by atoms with Crippen molar-refractivity contribution >= 4 is 17.2 Å². The zero-order valence-corrected chi connectivity index (χ0v) is 9.78. The van der Waals surface area contributed by atoms with Crippen molar-refractivity contribution in [3.63, 3.8) is 0 Å². The van der Waals surface area contributed by atoms with Crippen LogP contribution in [-0.2, 0) is 6.54 Å². The molecule has 0 atom stereocenters. The van der Waals surface area contributed by atoms with Crippen molar-refractivity contribution in [3.05, 3.63) is 47.2 Å². The highest BCUT2D eigenvalue weighted by Gasteiger charge is 2.06. The lowest BCUT2D eigenvalue weighted by atomic mass is 10.2. The Morgan fingerprint density at radius 1 is 1.29 bits per heavy atom. The maximum atomic E-state index is 5.85. The van der Waals surface area contributed by atoms with E-state index in [0.717, 1.165) is 27.6 Å². The zero-order valence-electron chi connectivity index (χ0n) is 9.02. The van der Waals surface area contributed by atoms with Crippen molar-refractivity contribution < 1.29 is 0 Å². The van der Waals surface area contributed by atoms with Gasteiger partial charge in [0.25, 0.3) is 0 Å². The van der Waals surface area contributed by atoms with Crippen molar-refractivity contribution in [3.8, 4) is 11.3 Å². The number of nitrogens with one attached hydrogen (secondary N) is 1. The number of nitrogens with zero attached hydrogens (tertiary/aromatic N) is 2. The number of hydrogen-bond donors (Lipinski definition) is 2. The molecule has 3 N–H and O–H groups in total. The summed E-state index contributed by atoms with van der Waals surface area (Å²) in [5.41, 5.74) is 9.36. The summed E-state index contributed by atoms with van der Waals surface area (Å²) in [7, 11) is 0. The Morgan fingerprint density at radius 3 is 2.71 bits per heavy atom. The predicted octanol–water partition coefficient (Wildman–Crippen LogP) is 2.44. The van der Waals surface area contributed by atoms with Gasteiger partial charge in [-0.25, -0.2) is 9.50 Å². The first-order chi connectivity index (χ1) is 8.26. The Kier molecular flexibility index (Phi) is 2.39. The minimum Gasteiger partial charge on any atom is -0.325 e. The fourth-order valence-corrected chi connectivity index (χ4v) is 1.93. The van der Waals surface area contributed by atoms with Gasteiger partial charge < -0.3 is 5.73 Å². The standard InChI is InChI=1S/C12H11ClN4/c13-9-3-1-8(2-4-9)11-5-12-15-10(6-14)7-17(12)16-11/h1-5,7,16H,6,14H2. The molecule has 3 aromatic rings. The van der Waals surface area contributed by atoms with Crippen molar-refractivity contribution in [2.75, 3.05) is 0 Å². The Morgan fingerprint density at radius 2 is 2.06 bits per heavy atom. The number of imidazole rings is 1. The minimum atomic E-state index is 0.450. The molecule has 0 aliphatic carbocycles. The van der Waals surface area contributed by atoms with E-state index < -0.39 is 0 Å². The molecule has 2 aromatic heterocycles. The van der Waals surface area contributed by atoms with Gasteiger partial charge in [0, 0.05) is 17.6 Å². The van der Waals surface area contributed by atoms with Crippen molar-refractivity contribution in [2.24, 2.45) is 5.73 Å². The number of nitrogens with two attached hydrogens (primary N) is 1. The topological polar surface area (TPSA) is 59.1 Å². The third-order valence-electron chi connectivity index (χ3n) is 2.66. The second kappa shape index (κ2) is 3.91. The van der Waals surface area contributed by atoms with Crippen LogP contribution >= 0.6 is 11.6 Å². The zero-order chi connectivity index (χ0) is 11.8. The molecule has 17 heavy (non-hydrogen) atoms. The predicted molar refractivity (Wildman–Crippen MR) is 67.9 cm³/mol. The fraction of sp³-hybridized carbons (Fsp3) is 0.0833. The number of rotatable bonds is 2. The summed E-state index contributed by atoms with van der Waals surface area (Å²) in [6.45, 7) is 0.450.